The molecule has 1 aliphatic carbocycles. The van der Waals surface area contributed by atoms with Gasteiger partial charge in [-0.3, -0.25) is 4.79 Å². The highest BCUT2D eigenvalue weighted by molar-refractivity contribution is 5.93. The van der Waals surface area contributed by atoms with Crippen molar-refractivity contribution in [3.63, 3.8) is 0 Å². The fourth-order valence-corrected chi connectivity index (χ4v) is 2.74. The summed E-state index contributed by atoms with van der Waals surface area (Å²) in [6.45, 7) is -0.747. The summed E-state index contributed by atoms with van der Waals surface area (Å²) in [5.74, 6) is -0.210. The van der Waals surface area contributed by atoms with Crippen LogP contribution in [0.3, 0.4) is 0 Å². The van der Waals surface area contributed by atoms with E-state index in [0.717, 1.165) is 17.4 Å². The monoisotopic (exact) mass is 288 g/mol. The summed E-state index contributed by atoms with van der Waals surface area (Å²) in [6.07, 6.45) is -1.20. The summed E-state index contributed by atoms with van der Waals surface area (Å²) in [5, 5.41) is 10.1. The Hall–Kier alpha value is -1.50. The van der Waals surface area contributed by atoms with Gasteiger partial charge in [-0.1, -0.05) is 0 Å². The molecule has 7 heteroatoms. The highest BCUT2D eigenvalue weighted by Crippen LogP contribution is 2.44. The van der Waals surface area contributed by atoms with Crippen LogP contribution in [-0.4, -0.2) is 45.3 Å². The van der Waals surface area contributed by atoms with Gasteiger partial charge in [-0.05, 0) is 30.9 Å². The second-order valence-electron chi connectivity index (χ2n) is 5.68. The summed E-state index contributed by atoms with van der Waals surface area (Å²) in [4.78, 5) is 13.6. The Morgan fingerprint density at radius 1 is 1.40 bits per heavy atom. The maximum atomic E-state index is 12.4. The number of hydrogen-bond acceptors (Lipinski definition) is 2. The molecule has 1 saturated heterocycles. The van der Waals surface area contributed by atoms with Crippen molar-refractivity contribution in [2.24, 2.45) is 5.92 Å². The molecule has 0 radical (unpaired) electrons. The number of halogens is 3. The van der Waals surface area contributed by atoms with Gasteiger partial charge in [-0.2, -0.15) is 13.2 Å². The van der Waals surface area contributed by atoms with Crippen molar-refractivity contribution in [1.82, 2.24) is 9.47 Å². The molecule has 1 aliphatic heterocycles. The van der Waals surface area contributed by atoms with Crippen molar-refractivity contribution >= 4 is 5.91 Å². The molecule has 0 bridgehead atoms. The summed E-state index contributed by atoms with van der Waals surface area (Å²) < 4.78 is 38.1. The molecule has 0 spiro atoms. The number of alkyl halides is 3. The minimum atomic E-state index is -4.36. The molecule has 1 amide bonds. The maximum absolute atomic E-state index is 12.4. The molecule has 1 N–H and O–H groups in total. The Morgan fingerprint density at radius 3 is 2.60 bits per heavy atom. The fourth-order valence-electron chi connectivity index (χ4n) is 2.74. The molecule has 0 aromatic carbocycles. The molecule has 2 fully saturated rings. The summed E-state index contributed by atoms with van der Waals surface area (Å²) >= 11 is 0. The highest BCUT2D eigenvalue weighted by atomic mass is 19.4. The third kappa shape index (κ3) is 2.42. The number of aromatic nitrogens is 1. The van der Waals surface area contributed by atoms with E-state index >= 15 is 0 Å². The Kier molecular flexibility index (Phi) is 2.86. The van der Waals surface area contributed by atoms with Crippen molar-refractivity contribution < 1.29 is 23.1 Å². The standard InChI is InChI=1S/C13H15F3N2O2/c14-13(15,16)8-17-5-1-2-10(17)11(19)18-6-12(20,7-18)9-3-4-9/h1-2,5,9,20H,3-4,6-8H2. The van der Waals surface area contributed by atoms with E-state index in [1.165, 1.54) is 23.2 Å². The van der Waals surface area contributed by atoms with Gasteiger partial charge in [0.1, 0.15) is 17.8 Å². The predicted molar refractivity (Wildman–Crippen MR) is 64.1 cm³/mol. The van der Waals surface area contributed by atoms with Crippen LogP contribution in [0.15, 0.2) is 18.3 Å². The lowest BCUT2D eigenvalue weighted by atomic mass is 9.88. The summed E-state index contributed by atoms with van der Waals surface area (Å²) in [6, 6.07) is 2.80. The number of nitrogens with zero attached hydrogens (tertiary/aromatic N) is 2. The van der Waals surface area contributed by atoms with Crippen LogP contribution < -0.4 is 0 Å². The van der Waals surface area contributed by atoms with E-state index in [1.807, 2.05) is 0 Å². The second-order valence-corrected chi connectivity index (χ2v) is 5.68. The molecule has 1 aromatic heterocycles. The zero-order valence-electron chi connectivity index (χ0n) is 10.7. The Balaban J connectivity index is 1.68. The average Bonchev–Trinajstić information content (AvgIpc) is 3.05. The minimum Gasteiger partial charge on any atom is -0.386 e. The third-order valence-electron chi connectivity index (χ3n) is 3.95. The second kappa shape index (κ2) is 4.25. The highest BCUT2D eigenvalue weighted by Gasteiger charge is 2.53. The number of rotatable bonds is 3. The van der Waals surface area contributed by atoms with Gasteiger partial charge in [0.05, 0.1) is 13.1 Å². The van der Waals surface area contributed by atoms with Gasteiger partial charge >= 0.3 is 6.18 Å². The van der Waals surface area contributed by atoms with Gasteiger partial charge in [0.2, 0.25) is 0 Å². The van der Waals surface area contributed by atoms with E-state index in [9.17, 15) is 23.1 Å². The summed E-state index contributed by atoms with van der Waals surface area (Å²) in [7, 11) is 0. The predicted octanol–water partition coefficient (Wildman–Crippen LogP) is 1.65. The van der Waals surface area contributed by atoms with Gasteiger partial charge in [-0.25, -0.2) is 0 Å². The third-order valence-corrected chi connectivity index (χ3v) is 3.95. The number of carbonyl (C=O) groups is 1. The van der Waals surface area contributed by atoms with Gasteiger partial charge in [-0.15, -0.1) is 0 Å². The maximum Gasteiger partial charge on any atom is 0.406 e. The van der Waals surface area contributed by atoms with Crippen molar-refractivity contribution in [1.29, 1.82) is 0 Å². The smallest absolute Gasteiger partial charge is 0.386 e. The van der Waals surface area contributed by atoms with E-state index < -0.39 is 24.2 Å². The van der Waals surface area contributed by atoms with Crippen LogP contribution in [0.25, 0.3) is 0 Å². The van der Waals surface area contributed by atoms with E-state index in [2.05, 4.69) is 0 Å². The van der Waals surface area contributed by atoms with E-state index in [1.54, 1.807) is 0 Å². The molecule has 3 rings (SSSR count). The zero-order valence-corrected chi connectivity index (χ0v) is 10.7. The zero-order chi connectivity index (χ0) is 14.5. The van der Waals surface area contributed by atoms with Gasteiger partial charge in [0, 0.05) is 6.20 Å². The Labute approximate surface area is 113 Å². The van der Waals surface area contributed by atoms with E-state index in [0.29, 0.717) is 0 Å². The van der Waals surface area contributed by atoms with Crippen LogP contribution >= 0.6 is 0 Å². The number of hydrogen-bond donors (Lipinski definition) is 1. The topological polar surface area (TPSA) is 45.5 Å². The normalized spacial score (nSPS) is 21.7. The Bertz CT molecular complexity index is 528. The molecule has 0 atom stereocenters. The Morgan fingerprint density at radius 2 is 2.05 bits per heavy atom. The quantitative estimate of drug-likeness (QED) is 0.919. The molecule has 1 aromatic rings. The van der Waals surface area contributed by atoms with Gasteiger partial charge in [0.25, 0.3) is 5.91 Å². The van der Waals surface area contributed by atoms with Crippen LogP contribution in [0.4, 0.5) is 13.2 Å². The van der Waals surface area contributed by atoms with Crippen LogP contribution in [-0.2, 0) is 6.54 Å². The van der Waals surface area contributed by atoms with Crippen LogP contribution in [0.5, 0.6) is 0 Å². The van der Waals surface area contributed by atoms with Crippen LogP contribution in [0, 0.1) is 5.92 Å². The molecule has 20 heavy (non-hydrogen) atoms. The minimum absolute atomic E-state index is 0.0140. The van der Waals surface area contributed by atoms with Crippen molar-refractivity contribution in [2.75, 3.05) is 13.1 Å². The SMILES string of the molecule is O=C(c1cccn1CC(F)(F)F)N1CC(O)(C2CC2)C1. The van der Waals surface area contributed by atoms with Crippen molar-refractivity contribution in [2.45, 2.75) is 31.2 Å². The van der Waals surface area contributed by atoms with Gasteiger partial charge in [0.15, 0.2) is 0 Å². The number of aliphatic hydroxyl groups is 1. The molecular formula is C13H15F3N2O2. The molecule has 1 saturated carbocycles. The van der Waals surface area contributed by atoms with Crippen molar-refractivity contribution in [3.8, 4) is 0 Å². The van der Waals surface area contributed by atoms with Crippen LogP contribution in [0.1, 0.15) is 23.3 Å². The lowest BCUT2D eigenvalue weighted by Crippen LogP contribution is -2.64. The van der Waals surface area contributed by atoms with E-state index in [-0.39, 0.29) is 24.7 Å². The first-order valence-corrected chi connectivity index (χ1v) is 6.52. The largest absolute Gasteiger partial charge is 0.406 e. The van der Waals surface area contributed by atoms with Crippen LogP contribution in [0.2, 0.25) is 0 Å². The lowest BCUT2D eigenvalue weighted by Gasteiger charge is -2.47. The first kappa shape index (κ1) is 13.5. The molecule has 2 aliphatic rings. The van der Waals surface area contributed by atoms with E-state index in [4.69, 9.17) is 0 Å². The number of β-amino-alcohol motifs (C(OH)–C–C–N with tert-alkyl or cyclic N) is 1. The van der Waals surface area contributed by atoms with Crippen molar-refractivity contribution in [3.05, 3.63) is 24.0 Å². The molecule has 110 valence electrons. The lowest BCUT2D eigenvalue weighted by molar-refractivity contribution is -0.141. The first-order valence-electron chi connectivity index (χ1n) is 6.52. The fraction of sp³-hybridized carbons (Fsp3) is 0.615. The number of carbonyl (C=O) groups excluding carboxylic acids is 1. The molecule has 0 unspecified atom stereocenters. The molecule has 4 nitrogen and oxygen atoms in total. The molecule has 2 heterocycles. The van der Waals surface area contributed by atoms with Gasteiger partial charge < -0.3 is 14.6 Å². The average molecular weight is 288 g/mol. The first-order chi connectivity index (χ1) is 9.28. The summed E-state index contributed by atoms with van der Waals surface area (Å²) in [5.41, 5.74) is -0.808. The number of likely N-dealkylation sites (tertiary alicyclic amines) is 1. The molecular weight excluding hydrogens is 273 g/mol. The number of amides is 1.